The highest BCUT2D eigenvalue weighted by Crippen LogP contribution is 2.21. The first-order valence-electron chi connectivity index (χ1n) is 9.87. The van der Waals surface area contributed by atoms with Crippen molar-refractivity contribution >= 4 is 17.4 Å². The molecule has 2 heterocycles. The van der Waals surface area contributed by atoms with Gasteiger partial charge in [-0.05, 0) is 12.1 Å². The fraction of sp³-hybridized carbons (Fsp3) is 0.227. The molecule has 1 aromatic heterocycles. The molecule has 0 bridgehead atoms. The predicted octanol–water partition coefficient (Wildman–Crippen LogP) is 2.78. The van der Waals surface area contributed by atoms with Crippen LogP contribution in [0.15, 0.2) is 67.0 Å². The van der Waals surface area contributed by atoms with Crippen LogP contribution in [-0.2, 0) is 4.79 Å². The maximum Gasteiger partial charge on any atom is 0.269 e. The second kappa shape index (κ2) is 9.21. The van der Waals surface area contributed by atoms with Crippen molar-refractivity contribution in [1.29, 1.82) is 0 Å². The smallest absolute Gasteiger partial charge is 0.269 e. The van der Waals surface area contributed by atoms with Crippen LogP contribution in [0.4, 0.5) is 11.5 Å². The van der Waals surface area contributed by atoms with Gasteiger partial charge in [-0.1, -0.05) is 30.3 Å². The third kappa shape index (κ3) is 4.95. The molecule has 0 aliphatic carbocycles. The van der Waals surface area contributed by atoms with Crippen LogP contribution in [0.3, 0.4) is 0 Å². The molecule has 4 rings (SSSR count). The van der Waals surface area contributed by atoms with Crippen molar-refractivity contribution in [2.45, 2.75) is 0 Å². The standard InChI is InChI=1S/C22H21N5O4/c28-22(15-31-19-8-6-18(7-9-19)27(29)30)26-12-10-25(11-13-26)21-14-20(23-16-24-21)17-4-2-1-3-5-17/h1-9,14,16H,10-13,15H2. The van der Waals surface area contributed by atoms with Gasteiger partial charge in [0.2, 0.25) is 0 Å². The highest BCUT2D eigenvalue weighted by Gasteiger charge is 2.22. The van der Waals surface area contributed by atoms with Crippen LogP contribution in [0, 0.1) is 10.1 Å². The van der Waals surface area contributed by atoms with Crippen LogP contribution in [0.1, 0.15) is 0 Å². The molecule has 0 radical (unpaired) electrons. The van der Waals surface area contributed by atoms with Crippen LogP contribution in [0.2, 0.25) is 0 Å². The van der Waals surface area contributed by atoms with Gasteiger partial charge in [0.15, 0.2) is 6.61 Å². The van der Waals surface area contributed by atoms with Gasteiger partial charge in [0.05, 0.1) is 10.6 Å². The fourth-order valence-corrected chi connectivity index (χ4v) is 3.37. The lowest BCUT2D eigenvalue weighted by atomic mass is 10.1. The Morgan fingerprint density at radius 2 is 1.71 bits per heavy atom. The number of non-ortho nitro benzene ring substituents is 1. The molecule has 158 valence electrons. The lowest BCUT2D eigenvalue weighted by Crippen LogP contribution is -2.50. The first-order valence-corrected chi connectivity index (χ1v) is 9.87. The maximum absolute atomic E-state index is 12.5. The second-order valence-corrected chi connectivity index (χ2v) is 7.03. The molecule has 1 amide bonds. The highest BCUT2D eigenvalue weighted by molar-refractivity contribution is 5.78. The van der Waals surface area contributed by atoms with Gasteiger partial charge in [0.25, 0.3) is 11.6 Å². The molecule has 3 aromatic rings. The highest BCUT2D eigenvalue weighted by atomic mass is 16.6. The van der Waals surface area contributed by atoms with Crippen molar-refractivity contribution < 1.29 is 14.5 Å². The van der Waals surface area contributed by atoms with E-state index in [0.29, 0.717) is 31.9 Å². The molecular weight excluding hydrogens is 398 g/mol. The fourth-order valence-electron chi connectivity index (χ4n) is 3.37. The Hall–Kier alpha value is -4.01. The molecule has 9 nitrogen and oxygen atoms in total. The first-order chi connectivity index (χ1) is 15.1. The van der Waals surface area contributed by atoms with E-state index in [0.717, 1.165) is 17.1 Å². The van der Waals surface area contributed by atoms with Crippen molar-refractivity contribution in [2.24, 2.45) is 0 Å². The number of benzene rings is 2. The summed E-state index contributed by atoms with van der Waals surface area (Å²) in [6.45, 7) is 2.34. The number of piperazine rings is 1. The van der Waals surface area contributed by atoms with Gasteiger partial charge >= 0.3 is 0 Å². The van der Waals surface area contributed by atoms with Crippen LogP contribution >= 0.6 is 0 Å². The minimum Gasteiger partial charge on any atom is -0.484 e. The van der Waals surface area contributed by atoms with Gasteiger partial charge in [-0.15, -0.1) is 0 Å². The Kier molecular flexibility index (Phi) is 6.02. The summed E-state index contributed by atoms with van der Waals surface area (Å²) < 4.78 is 5.48. The molecule has 2 aromatic carbocycles. The zero-order valence-electron chi connectivity index (χ0n) is 16.8. The van der Waals surface area contributed by atoms with Crippen molar-refractivity contribution in [2.75, 3.05) is 37.7 Å². The van der Waals surface area contributed by atoms with E-state index in [1.807, 2.05) is 36.4 Å². The van der Waals surface area contributed by atoms with Crippen molar-refractivity contribution in [3.63, 3.8) is 0 Å². The summed E-state index contributed by atoms with van der Waals surface area (Å²) in [5, 5.41) is 10.7. The van der Waals surface area contributed by atoms with Gasteiger partial charge in [-0.25, -0.2) is 9.97 Å². The van der Waals surface area contributed by atoms with Crippen LogP contribution in [0.25, 0.3) is 11.3 Å². The zero-order chi connectivity index (χ0) is 21.6. The number of nitrogens with zero attached hydrogens (tertiary/aromatic N) is 5. The summed E-state index contributed by atoms with van der Waals surface area (Å²) in [5.74, 6) is 1.14. The molecule has 31 heavy (non-hydrogen) atoms. The third-order valence-electron chi connectivity index (χ3n) is 5.09. The summed E-state index contributed by atoms with van der Waals surface area (Å²) in [6, 6.07) is 17.6. The molecule has 0 atom stereocenters. The van der Waals surface area contributed by atoms with E-state index in [1.165, 1.54) is 24.3 Å². The number of rotatable bonds is 6. The second-order valence-electron chi connectivity index (χ2n) is 7.03. The summed E-state index contributed by atoms with van der Waals surface area (Å²) in [6.07, 6.45) is 1.56. The van der Waals surface area contributed by atoms with E-state index >= 15 is 0 Å². The lowest BCUT2D eigenvalue weighted by Gasteiger charge is -2.35. The van der Waals surface area contributed by atoms with Gasteiger partial charge < -0.3 is 14.5 Å². The van der Waals surface area contributed by atoms with Crippen molar-refractivity contribution in [3.8, 4) is 17.0 Å². The number of carbonyl (C=O) groups excluding carboxylic acids is 1. The Labute approximate surface area is 179 Å². The topological polar surface area (TPSA) is 102 Å². The number of nitro benzene ring substituents is 1. The van der Waals surface area contributed by atoms with E-state index in [9.17, 15) is 14.9 Å². The summed E-state index contributed by atoms with van der Waals surface area (Å²) >= 11 is 0. The van der Waals surface area contributed by atoms with Crippen molar-refractivity contribution in [3.05, 3.63) is 77.1 Å². The molecular formula is C22H21N5O4. The number of ether oxygens (including phenoxy) is 1. The minimum atomic E-state index is -0.477. The number of aromatic nitrogens is 2. The van der Waals surface area contributed by atoms with E-state index in [4.69, 9.17) is 4.74 Å². The van der Waals surface area contributed by atoms with Gasteiger partial charge in [0.1, 0.15) is 17.9 Å². The number of nitro groups is 1. The van der Waals surface area contributed by atoms with Crippen molar-refractivity contribution in [1.82, 2.24) is 14.9 Å². The zero-order valence-corrected chi connectivity index (χ0v) is 16.8. The largest absolute Gasteiger partial charge is 0.484 e. The molecule has 1 aliphatic rings. The van der Waals surface area contributed by atoms with Crippen LogP contribution in [-0.4, -0.2) is 58.5 Å². The van der Waals surface area contributed by atoms with Gasteiger partial charge in [-0.3, -0.25) is 14.9 Å². The monoisotopic (exact) mass is 419 g/mol. The van der Waals surface area contributed by atoms with Crippen LogP contribution < -0.4 is 9.64 Å². The molecule has 9 heteroatoms. The number of anilines is 1. The Morgan fingerprint density at radius 3 is 2.39 bits per heavy atom. The van der Waals surface area contributed by atoms with E-state index in [2.05, 4.69) is 14.9 Å². The molecule has 0 spiro atoms. The molecule has 1 aliphatic heterocycles. The summed E-state index contributed by atoms with van der Waals surface area (Å²) in [7, 11) is 0. The predicted molar refractivity (Wildman–Crippen MR) is 115 cm³/mol. The average molecular weight is 419 g/mol. The molecule has 1 fully saturated rings. The quantitative estimate of drug-likeness (QED) is 0.447. The normalized spacial score (nSPS) is 13.7. The number of hydrogen-bond acceptors (Lipinski definition) is 7. The summed E-state index contributed by atoms with van der Waals surface area (Å²) in [4.78, 5) is 35.3. The number of hydrogen-bond donors (Lipinski definition) is 0. The Balaban J connectivity index is 1.30. The maximum atomic E-state index is 12.5. The molecule has 0 N–H and O–H groups in total. The van der Waals surface area contributed by atoms with E-state index in [1.54, 1.807) is 11.2 Å². The minimum absolute atomic E-state index is 0.0186. The summed E-state index contributed by atoms with van der Waals surface area (Å²) in [5.41, 5.74) is 1.87. The SMILES string of the molecule is O=C(COc1ccc([N+](=O)[O-])cc1)N1CCN(c2cc(-c3ccccc3)ncn2)CC1. The number of amides is 1. The van der Waals surface area contributed by atoms with Gasteiger partial charge in [0, 0.05) is 49.9 Å². The first kappa shape index (κ1) is 20.3. The average Bonchev–Trinajstić information content (AvgIpc) is 2.83. The van der Waals surface area contributed by atoms with E-state index < -0.39 is 4.92 Å². The van der Waals surface area contributed by atoms with E-state index in [-0.39, 0.29) is 18.2 Å². The lowest BCUT2D eigenvalue weighted by molar-refractivity contribution is -0.384. The molecule has 0 saturated carbocycles. The molecule has 1 saturated heterocycles. The third-order valence-corrected chi connectivity index (χ3v) is 5.09. The Bertz CT molecular complexity index is 1050. The van der Waals surface area contributed by atoms with Crippen LogP contribution in [0.5, 0.6) is 5.75 Å². The van der Waals surface area contributed by atoms with Gasteiger partial charge in [-0.2, -0.15) is 0 Å². The number of carbonyl (C=O) groups is 1. The molecule has 0 unspecified atom stereocenters. The Morgan fingerprint density at radius 1 is 1.00 bits per heavy atom.